The Balaban J connectivity index is 2.08. The number of hydrogen-bond acceptors (Lipinski definition) is 1. The third-order valence-corrected chi connectivity index (χ3v) is 3.84. The van der Waals surface area contributed by atoms with Gasteiger partial charge in [0.25, 0.3) is 0 Å². The summed E-state index contributed by atoms with van der Waals surface area (Å²) in [5.74, 6) is 2.22. The zero-order valence-electron chi connectivity index (χ0n) is 5.89. The number of alkyl halides is 1. The summed E-state index contributed by atoms with van der Waals surface area (Å²) in [5.41, 5.74) is 0. The van der Waals surface area contributed by atoms with Crippen LogP contribution in [0.4, 0.5) is 0 Å². The van der Waals surface area contributed by atoms with E-state index in [1.54, 1.807) is 11.3 Å². The van der Waals surface area contributed by atoms with Crippen molar-refractivity contribution in [3.05, 3.63) is 21.3 Å². The van der Waals surface area contributed by atoms with Gasteiger partial charge in [-0.25, -0.2) is 0 Å². The first-order valence-corrected chi connectivity index (χ1v) is 5.35. The summed E-state index contributed by atoms with van der Waals surface area (Å²) >= 11 is 13.2. The highest BCUT2D eigenvalue weighted by Crippen LogP contribution is 2.50. The monoisotopic (exact) mass is 206 g/mol. The number of halogens is 2. The van der Waals surface area contributed by atoms with Gasteiger partial charge in [-0.3, -0.25) is 0 Å². The highest BCUT2D eigenvalue weighted by atomic mass is 35.5. The van der Waals surface area contributed by atoms with Gasteiger partial charge in [0.05, 0.1) is 4.34 Å². The highest BCUT2D eigenvalue weighted by molar-refractivity contribution is 7.16. The van der Waals surface area contributed by atoms with E-state index in [-0.39, 0.29) is 0 Å². The molecule has 11 heavy (non-hydrogen) atoms. The van der Waals surface area contributed by atoms with Crippen LogP contribution >= 0.6 is 34.5 Å². The molecule has 3 heteroatoms. The molecule has 0 spiro atoms. The van der Waals surface area contributed by atoms with Gasteiger partial charge in [-0.1, -0.05) is 11.6 Å². The Bertz CT molecular complexity index is 256. The van der Waals surface area contributed by atoms with Gasteiger partial charge < -0.3 is 0 Å². The van der Waals surface area contributed by atoms with E-state index in [9.17, 15) is 0 Å². The minimum atomic E-state index is 0.713. The molecule has 0 radical (unpaired) electrons. The molecular weight excluding hydrogens is 199 g/mol. The Kier molecular flexibility index (Phi) is 2.13. The van der Waals surface area contributed by atoms with E-state index in [0.29, 0.717) is 11.8 Å². The molecular formula is C8H8Cl2S. The minimum Gasteiger partial charge on any atom is -0.128 e. The van der Waals surface area contributed by atoms with Crippen molar-refractivity contribution in [3.8, 4) is 0 Å². The van der Waals surface area contributed by atoms with Crippen LogP contribution in [-0.2, 0) is 0 Å². The smallest absolute Gasteiger partial charge is 0.0931 e. The standard InChI is InChI=1S/C8H8Cl2S/c9-4-5-3-6(5)7-1-2-8(10)11-7/h1-2,5-6H,3-4H2. The fourth-order valence-electron chi connectivity index (χ4n) is 1.29. The molecule has 2 atom stereocenters. The van der Waals surface area contributed by atoms with Gasteiger partial charge in [0.15, 0.2) is 0 Å². The van der Waals surface area contributed by atoms with Gasteiger partial charge in [-0.2, -0.15) is 0 Å². The second-order valence-corrected chi connectivity index (χ2v) is 4.95. The molecule has 0 aromatic carbocycles. The molecule has 0 amide bonds. The molecule has 2 rings (SSSR count). The largest absolute Gasteiger partial charge is 0.128 e. The lowest BCUT2D eigenvalue weighted by molar-refractivity contribution is 0.935. The zero-order chi connectivity index (χ0) is 7.84. The average molecular weight is 207 g/mol. The lowest BCUT2D eigenvalue weighted by atomic mass is 10.3. The Hall–Kier alpha value is 0.280. The van der Waals surface area contributed by atoms with E-state index in [0.717, 1.165) is 10.2 Å². The molecule has 60 valence electrons. The molecule has 0 bridgehead atoms. The van der Waals surface area contributed by atoms with Gasteiger partial charge >= 0.3 is 0 Å². The van der Waals surface area contributed by atoms with Crippen molar-refractivity contribution < 1.29 is 0 Å². The Labute approximate surface area is 80.1 Å². The van der Waals surface area contributed by atoms with Crippen LogP contribution in [0.25, 0.3) is 0 Å². The van der Waals surface area contributed by atoms with Gasteiger partial charge in [-0.15, -0.1) is 22.9 Å². The predicted molar refractivity (Wildman–Crippen MR) is 50.9 cm³/mol. The van der Waals surface area contributed by atoms with Crippen molar-refractivity contribution in [2.24, 2.45) is 5.92 Å². The summed E-state index contributed by atoms with van der Waals surface area (Å²) in [7, 11) is 0. The van der Waals surface area contributed by atoms with Crippen LogP contribution in [0.3, 0.4) is 0 Å². The van der Waals surface area contributed by atoms with E-state index < -0.39 is 0 Å². The minimum absolute atomic E-state index is 0.713. The third kappa shape index (κ3) is 1.56. The van der Waals surface area contributed by atoms with Gasteiger partial charge in [0, 0.05) is 10.8 Å². The third-order valence-electron chi connectivity index (χ3n) is 2.08. The van der Waals surface area contributed by atoms with Crippen LogP contribution in [-0.4, -0.2) is 5.88 Å². The number of thiophene rings is 1. The molecule has 0 N–H and O–H groups in total. The molecule has 0 nitrogen and oxygen atoms in total. The van der Waals surface area contributed by atoms with Gasteiger partial charge in [-0.05, 0) is 30.4 Å². The highest BCUT2D eigenvalue weighted by Gasteiger charge is 2.38. The van der Waals surface area contributed by atoms with Crippen molar-refractivity contribution in [2.45, 2.75) is 12.3 Å². The molecule has 0 aliphatic heterocycles. The van der Waals surface area contributed by atoms with E-state index in [2.05, 4.69) is 6.07 Å². The van der Waals surface area contributed by atoms with E-state index in [1.165, 1.54) is 11.3 Å². The van der Waals surface area contributed by atoms with Crippen molar-refractivity contribution in [1.82, 2.24) is 0 Å². The molecule has 2 unspecified atom stereocenters. The normalized spacial score (nSPS) is 28.9. The molecule has 1 aliphatic rings. The molecule has 1 heterocycles. The summed E-state index contributed by atoms with van der Waals surface area (Å²) in [6.45, 7) is 0. The first-order chi connectivity index (χ1) is 5.31. The summed E-state index contributed by atoms with van der Waals surface area (Å²) in [6, 6.07) is 4.08. The molecule has 1 saturated carbocycles. The summed E-state index contributed by atoms with van der Waals surface area (Å²) < 4.78 is 0.889. The maximum atomic E-state index is 5.81. The first kappa shape index (κ1) is 7.90. The molecule has 1 aliphatic carbocycles. The number of rotatable bonds is 2. The maximum Gasteiger partial charge on any atom is 0.0931 e. The Morgan fingerprint density at radius 1 is 1.55 bits per heavy atom. The maximum absolute atomic E-state index is 5.81. The molecule has 0 saturated heterocycles. The van der Waals surface area contributed by atoms with E-state index in [4.69, 9.17) is 23.2 Å². The van der Waals surface area contributed by atoms with Crippen molar-refractivity contribution in [2.75, 3.05) is 5.88 Å². The Morgan fingerprint density at radius 2 is 2.36 bits per heavy atom. The van der Waals surface area contributed by atoms with Crippen LogP contribution in [0.15, 0.2) is 12.1 Å². The van der Waals surface area contributed by atoms with Crippen molar-refractivity contribution >= 4 is 34.5 Å². The van der Waals surface area contributed by atoms with Gasteiger partial charge in [0.1, 0.15) is 0 Å². The van der Waals surface area contributed by atoms with Gasteiger partial charge in [0.2, 0.25) is 0 Å². The molecule has 1 aromatic heterocycles. The summed E-state index contributed by atoms with van der Waals surface area (Å²) in [5, 5.41) is 0. The second-order valence-electron chi connectivity index (χ2n) is 2.90. The number of hydrogen-bond donors (Lipinski definition) is 0. The lowest BCUT2D eigenvalue weighted by Gasteiger charge is -1.89. The van der Waals surface area contributed by atoms with Crippen LogP contribution in [0.1, 0.15) is 17.2 Å². The Morgan fingerprint density at radius 3 is 2.82 bits per heavy atom. The SMILES string of the molecule is ClCC1CC1c1ccc(Cl)s1. The van der Waals surface area contributed by atoms with Crippen LogP contribution < -0.4 is 0 Å². The average Bonchev–Trinajstić information content (AvgIpc) is 2.68. The zero-order valence-corrected chi connectivity index (χ0v) is 8.22. The summed E-state index contributed by atoms with van der Waals surface area (Å²) in [6.07, 6.45) is 1.25. The van der Waals surface area contributed by atoms with Crippen molar-refractivity contribution in [1.29, 1.82) is 0 Å². The summed E-state index contributed by atoms with van der Waals surface area (Å²) in [4.78, 5) is 1.40. The molecule has 1 aromatic rings. The van der Waals surface area contributed by atoms with E-state index >= 15 is 0 Å². The quantitative estimate of drug-likeness (QED) is 0.648. The van der Waals surface area contributed by atoms with Crippen LogP contribution in [0.5, 0.6) is 0 Å². The van der Waals surface area contributed by atoms with Crippen LogP contribution in [0.2, 0.25) is 4.34 Å². The topological polar surface area (TPSA) is 0 Å². The van der Waals surface area contributed by atoms with Crippen molar-refractivity contribution in [3.63, 3.8) is 0 Å². The fourth-order valence-corrected chi connectivity index (χ4v) is 2.90. The van der Waals surface area contributed by atoms with E-state index in [1.807, 2.05) is 6.07 Å². The molecule has 1 fully saturated rings. The first-order valence-electron chi connectivity index (χ1n) is 3.62. The van der Waals surface area contributed by atoms with Crippen LogP contribution in [0, 0.1) is 5.92 Å². The predicted octanol–water partition coefficient (Wildman–Crippen LogP) is 3.74. The lowest BCUT2D eigenvalue weighted by Crippen LogP contribution is -1.78. The second kappa shape index (κ2) is 2.96. The fraction of sp³-hybridized carbons (Fsp3) is 0.500.